The molecule has 291 valence electrons. The summed E-state index contributed by atoms with van der Waals surface area (Å²) in [4.78, 5) is 33.5. The van der Waals surface area contributed by atoms with Crippen molar-refractivity contribution >= 4 is 73.7 Å². The molecule has 2 aliphatic carbocycles. The van der Waals surface area contributed by atoms with Gasteiger partial charge in [-0.25, -0.2) is 48.6 Å². The van der Waals surface area contributed by atoms with Gasteiger partial charge in [0.25, 0.3) is 0 Å². The van der Waals surface area contributed by atoms with Gasteiger partial charge in [0.2, 0.25) is 0 Å². The van der Waals surface area contributed by atoms with Gasteiger partial charge in [-0.1, -0.05) is 24.3 Å². The van der Waals surface area contributed by atoms with E-state index in [2.05, 4.69) is 39.9 Å². The average Bonchev–Trinajstić information content (AvgIpc) is 3.84. The summed E-state index contributed by atoms with van der Waals surface area (Å²) in [5.41, 5.74) is -0.571. The number of allylic oxidation sites excluding steroid dienone is 6. The quantitative estimate of drug-likeness (QED) is 0.205. The molecule has 57 heavy (non-hydrogen) atoms. The summed E-state index contributed by atoms with van der Waals surface area (Å²) in [7, 11) is -20.0. The zero-order valence-electron chi connectivity index (χ0n) is 31.5. The molecular weight excluding hydrogens is 876 g/mol. The topological polar surface area (TPSA) is 334 Å². The molecule has 5 heterocycles. The third kappa shape index (κ3) is 6.61. The number of hydrogen-bond acceptors (Lipinski definition) is 18. The summed E-state index contributed by atoms with van der Waals surface area (Å²) < 4.78 is 145. The van der Waals surface area contributed by atoms with Crippen molar-refractivity contribution < 1.29 is 74.4 Å². The molecule has 2 aromatic carbocycles. The molecule has 0 amide bonds. The van der Waals surface area contributed by atoms with Crippen molar-refractivity contribution in [2.45, 2.75) is 21.6 Å². The van der Waals surface area contributed by atoms with Crippen molar-refractivity contribution in [3.05, 3.63) is 105 Å². The molecule has 5 aliphatic rings. The maximum atomic E-state index is 12.1. The Morgan fingerprint density at radius 2 is 1.16 bits per heavy atom. The number of benzene rings is 2. The Labute approximate surface area is 336 Å². The Kier molecular flexibility index (Phi) is 8.67. The molecule has 25 heteroatoms. The molecule has 9 rings (SSSR count). The van der Waals surface area contributed by atoms with Gasteiger partial charge in [0.1, 0.15) is 46.3 Å². The predicted molar refractivity (Wildman–Crippen MR) is 189 cm³/mol. The molecule has 0 spiro atoms. The number of fused-ring (bicyclic) bond motifs is 18. The van der Waals surface area contributed by atoms with E-state index in [-0.39, 0.29) is 101 Å². The van der Waals surface area contributed by atoms with Crippen molar-refractivity contribution in [2.24, 2.45) is 0 Å². The van der Waals surface area contributed by atoms with Crippen LogP contribution in [0.2, 0.25) is 0 Å². The summed E-state index contributed by atoms with van der Waals surface area (Å²) in [6.07, 6.45) is 6.76. The van der Waals surface area contributed by atoms with Gasteiger partial charge >= 0.3 is 22.5 Å². The van der Waals surface area contributed by atoms with Gasteiger partial charge in [0, 0.05) is 39.6 Å². The summed E-state index contributed by atoms with van der Waals surface area (Å²) in [5.74, 6) is -2.53. The van der Waals surface area contributed by atoms with Crippen LogP contribution in [0.25, 0.3) is 56.0 Å². The second kappa shape index (κ2) is 12.8. The van der Waals surface area contributed by atoms with Crippen LogP contribution in [0, 0.1) is 0 Å². The average molecular weight is 894 g/mol. The Morgan fingerprint density at radius 3 is 1.82 bits per heavy atom. The van der Waals surface area contributed by atoms with Gasteiger partial charge in [-0.2, -0.15) is 0 Å². The second-order valence-electron chi connectivity index (χ2n) is 12.5. The van der Waals surface area contributed by atoms with Crippen molar-refractivity contribution in [3.8, 4) is 22.8 Å². The minimum atomic E-state index is -5.01. The van der Waals surface area contributed by atoms with E-state index in [1.165, 1.54) is 24.3 Å². The zero-order valence-corrected chi connectivity index (χ0v) is 31.8. The molecule has 2 atom stereocenters. The van der Waals surface area contributed by atoms with E-state index in [9.17, 15) is 51.9 Å². The maximum absolute atomic E-state index is 12.1. The van der Waals surface area contributed by atoms with E-state index in [1.807, 2.05) is 0 Å². The molecule has 0 saturated heterocycles. The van der Waals surface area contributed by atoms with Crippen LogP contribution >= 0.6 is 0 Å². The largest absolute Gasteiger partial charge is 2.00 e. The van der Waals surface area contributed by atoms with Gasteiger partial charge in [-0.3, -0.25) is 0 Å². The molecule has 2 aromatic heterocycles. The van der Waals surface area contributed by atoms with Gasteiger partial charge in [0.05, 0.1) is 36.8 Å². The fourth-order valence-electron chi connectivity index (χ4n) is 6.51. The van der Waals surface area contributed by atoms with Crippen LogP contribution in [-0.2, 0) is 57.3 Å². The predicted octanol–water partition coefficient (Wildman–Crippen LogP) is -0.515. The SMILES string of the molecule is O=S(=O)([O-])C1=CC2=c3nc(nc4nc(nc5[n-]c(nc6[n-]c(n3)C3C=CC(S(=O)(=O)[O-])=CC=63)c3ccc(S(=O)(=O)[O-])cc53)-c3ccc(S(=O)(=O)[O-])cc3-4)C2C=C1.[Co+2].[H+].[H+].[H+].[H+]. The minimum absolute atomic E-state index is 0. The molecule has 3 aliphatic heterocycles. The smallest absolute Gasteiger partial charge is 0.744 e. The number of aromatic nitrogens is 8. The standard InChI is InChI=1S/C32H18N8O12S4.Co/c41-53(42,43)13-1-5-17-21(9-13)29-33-25(17)37-30-22-10-14(54(44,45)46)2-6-18(22)27(34-30)39-32-24-12-16(56(50,51)52)4-8-20(24)28(36-32)40-31-23-11-15(55(47,48)49)3-7-19(23)26(35-31)38-29;/h1-12,17-18H,(H4-2,33,34,35,36,37,38,39,40,41,42,43,44,45,46,47,48,49,50,51,52);/q-2;+2. The van der Waals surface area contributed by atoms with Crippen molar-refractivity contribution in [2.75, 3.05) is 0 Å². The van der Waals surface area contributed by atoms with Crippen LogP contribution in [0.5, 0.6) is 0 Å². The molecule has 4 aromatic rings. The normalized spacial score (nSPS) is 18.2. The fraction of sp³-hybridized carbons (Fsp3) is 0.0625. The van der Waals surface area contributed by atoms with Crippen LogP contribution in [-0.4, -0.2) is 81.8 Å². The molecule has 20 nitrogen and oxygen atoms in total. The Morgan fingerprint density at radius 1 is 0.561 bits per heavy atom. The van der Waals surface area contributed by atoms with Gasteiger partial charge in [-0.05, 0) is 70.5 Å². The molecular formula is C32H18CoN8O12S4. The Balaban J connectivity index is 0.00000164. The van der Waals surface area contributed by atoms with Crippen LogP contribution in [0.3, 0.4) is 0 Å². The van der Waals surface area contributed by atoms with E-state index >= 15 is 0 Å². The monoisotopic (exact) mass is 893 g/mol. The summed E-state index contributed by atoms with van der Waals surface area (Å²) in [5, 5.41) is 0.108. The minimum Gasteiger partial charge on any atom is -0.744 e. The zero-order chi connectivity index (χ0) is 39.7. The molecule has 0 fully saturated rings. The first kappa shape index (κ1) is 38.5. The first-order chi connectivity index (χ1) is 26.2. The molecule has 0 N–H and O–H groups in total. The van der Waals surface area contributed by atoms with Crippen molar-refractivity contribution in [3.63, 3.8) is 0 Å². The number of nitrogens with zero attached hydrogens (tertiary/aromatic N) is 8. The van der Waals surface area contributed by atoms with Crippen molar-refractivity contribution in [1.82, 2.24) is 39.9 Å². The van der Waals surface area contributed by atoms with Gasteiger partial charge in [-0.15, -0.1) is 0 Å². The van der Waals surface area contributed by atoms with Crippen molar-refractivity contribution in [1.29, 1.82) is 0 Å². The van der Waals surface area contributed by atoms with Crippen LogP contribution in [0.1, 0.15) is 29.2 Å². The first-order valence-corrected chi connectivity index (χ1v) is 21.2. The Hall–Kier alpha value is -5.35. The maximum Gasteiger partial charge on any atom is 2.00 e. The van der Waals surface area contributed by atoms with Crippen LogP contribution in [0.15, 0.2) is 92.5 Å². The third-order valence-electron chi connectivity index (χ3n) is 9.07. The molecule has 8 bridgehead atoms. The molecule has 0 saturated carbocycles. The Bertz CT molecular complexity index is 3530. The molecule has 1 radical (unpaired) electrons. The van der Waals surface area contributed by atoms with Crippen LogP contribution in [0.4, 0.5) is 0 Å². The molecule has 2 unspecified atom stereocenters. The van der Waals surface area contributed by atoms with Gasteiger partial charge < -0.3 is 43.1 Å². The summed E-state index contributed by atoms with van der Waals surface area (Å²) >= 11 is 0. The third-order valence-corrected chi connectivity index (χ3v) is 12.4. The number of rotatable bonds is 4. The fourth-order valence-corrected chi connectivity index (χ4v) is 8.54. The van der Waals surface area contributed by atoms with E-state index in [4.69, 9.17) is 0 Å². The van der Waals surface area contributed by atoms with E-state index in [0.29, 0.717) is 0 Å². The van der Waals surface area contributed by atoms with E-state index in [0.717, 1.165) is 48.6 Å². The number of hydrogen-bond donors (Lipinski definition) is 0. The summed E-state index contributed by atoms with van der Waals surface area (Å²) in [6.45, 7) is 0. The summed E-state index contributed by atoms with van der Waals surface area (Å²) in [6, 6.07) is 6.46. The first-order valence-electron chi connectivity index (χ1n) is 15.6. The second-order valence-corrected chi connectivity index (χ2v) is 18.0. The van der Waals surface area contributed by atoms with Crippen LogP contribution < -0.4 is 20.9 Å². The van der Waals surface area contributed by atoms with Gasteiger partial charge in [0.15, 0.2) is 5.82 Å². The van der Waals surface area contributed by atoms with E-state index < -0.39 is 71.9 Å². The van der Waals surface area contributed by atoms with E-state index in [1.54, 1.807) is 0 Å².